The number of amides is 1. The molecule has 1 amide bonds. The average Bonchev–Trinajstić information content (AvgIpc) is 3.16. The summed E-state index contributed by atoms with van der Waals surface area (Å²) < 4.78 is 27.0. The van der Waals surface area contributed by atoms with Gasteiger partial charge in [0.25, 0.3) is 5.91 Å². The highest BCUT2D eigenvalue weighted by Crippen LogP contribution is 2.22. The first-order valence-electron chi connectivity index (χ1n) is 9.28. The standard InChI is InChI=1S/C21H20ClF2N5O/c1-3-12(2)25-21(27-20(30)13-4-6-15(22)7-5-13)26-19-11-18(28-29-19)14-8-16(23)10-17(24)9-14/h4-12H,3H2,1-2H3,(H3,25,26,27,28,29,30). The lowest BCUT2D eigenvalue weighted by Gasteiger charge is -2.15. The van der Waals surface area contributed by atoms with Crippen LogP contribution in [0.3, 0.4) is 0 Å². The van der Waals surface area contributed by atoms with Crippen LogP contribution in [0.15, 0.2) is 53.5 Å². The van der Waals surface area contributed by atoms with Crippen LogP contribution in [0.2, 0.25) is 5.02 Å². The van der Waals surface area contributed by atoms with Crippen molar-refractivity contribution in [2.45, 2.75) is 26.3 Å². The van der Waals surface area contributed by atoms with E-state index in [1.165, 1.54) is 12.1 Å². The molecule has 0 fully saturated rings. The predicted octanol–water partition coefficient (Wildman–Crippen LogP) is 5.00. The predicted molar refractivity (Wildman–Crippen MR) is 114 cm³/mol. The molecule has 0 aliphatic carbocycles. The van der Waals surface area contributed by atoms with Gasteiger partial charge in [-0.15, -0.1) is 0 Å². The van der Waals surface area contributed by atoms with E-state index >= 15 is 0 Å². The molecule has 1 unspecified atom stereocenters. The van der Waals surface area contributed by atoms with Gasteiger partial charge in [-0.1, -0.05) is 18.5 Å². The van der Waals surface area contributed by atoms with Crippen molar-refractivity contribution in [3.05, 3.63) is 70.8 Å². The maximum atomic E-state index is 13.5. The summed E-state index contributed by atoms with van der Waals surface area (Å²) in [6.07, 6.45) is 0.796. The fraction of sp³-hybridized carbons (Fsp3) is 0.190. The first-order chi connectivity index (χ1) is 14.3. The first-order valence-corrected chi connectivity index (χ1v) is 9.66. The molecule has 3 N–H and O–H groups in total. The Morgan fingerprint density at radius 2 is 1.83 bits per heavy atom. The molecular formula is C21H20ClF2N5O. The number of nitrogens with one attached hydrogen (secondary N) is 3. The number of guanidine groups is 1. The molecule has 1 heterocycles. The van der Waals surface area contributed by atoms with Gasteiger partial charge in [0.2, 0.25) is 5.96 Å². The van der Waals surface area contributed by atoms with Crippen molar-refractivity contribution < 1.29 is 13.6 Å². The quantitative estimate of drug-likeness (QED) is 0.392. The molecule has 30 heavy (non-hydrogen) atoms. The summed E-state index contributed by atoms with van der Waals surface area (Å²) in [6.45, 7) is 3.93. The van der Waals surface area contributed by atoms with Gasteiger partial charge in [0.1, 0.15) is 11.6 Å². The number of aromatic amines is 1. The van der Waals surface area contributed by atoms with Crippen LogP contribution in [0.5, 0.6) is 0 Å². The molecule has 0 radical (unpaired) electrons. The van der Waals surface area contributed by atoms with E-state index in [1.807, 2.05) is 13.8 Å². The monoisotopic (exact) mass is 431 g/mol. The summed E-state index contributed by atoms with van der Waals surface area (Å²) in [5.41, 5.74) is 1.09. The number of nitrogens with zero attached hydrogens (tertiary/aromatic N) is 2. The minimum atomic E-state index is -0.691. The highest BCUT2D eigenvalue weighted by Gasteiger charge is 2.12. The number of halogens is 3. The molecular weight excluding hydrogens is 412 g/mol. The van der Waals surface area contributed by atoms with Gasteiger partial charge in [-0.3, -0.25) is 9.89 Å². The lowest BCUT2D eigenvalue weighted by atomic mass is 10.1. The maximum Gasteiger partial charge on any atom is 0.280 e. The third-order valence-corrected chi connectivity index (χ3v) is 4.55. The molecule has 156 valence electrons. The van der Waals surface area contributed by atoms with Crippen LogP contribution in [0.25, 0.3) is 11.3 Å². The normalized spacial score (nSPS) is 12.5. The first kappa shape index (κ1) is 21.4. The second-order valence-corrected chi connectivity index (χ2v) is 7.11. The van der Waals surface area contributed by atoms with E-state index in [2.05, 4.69) is 25.8 Å². The molecule has 0 aliphatic heterocycles. The zero-order valence-electron chi connectivity index (χ0n) is 16.3. The Labute approximate surface area is 177 Å². The summed E-state index contributed by atoms with van der Waals surface area (Å²) in [5, 5.41) is 13.4. The Morgan fingerprint density at radius 3 is 2.47 bits per heavy atom. The Bertz CT molecular complexity index is 1050. The van der Waals surface area contributed by atoms with E-state index in [-0.39, 0.29) is 12.0 Å². The van der Waals surface area contributed by atoms with Crippen molar-refractivity contribution in [3.8, 4) is 11.3 Å². The molecule has 0 aliphatic rings. The minimum absolute atomic E-state index is 0.0324. The number of anilines is 1. The number of rotatable bonds is 5. The van der Waals surface area contributed by atoms with Gasteiger partial charge < -0.3 is 10.6 Å². The van der Waals surface area contributed by atoms with Crippen molar-refractivity contribution in [1.29, 1.82) is 0 Å². The third-order valence-electron chi connectivity index (χ3n) is 4.30. The number of benzene rings is 2. The summed E-state index contributed by atoms with van der Waals surface area (Å²) in [4.78, 5) is 16.6. The number of aromatic nitrogens is 2. The van der Waals surface area contributed by atoms with E-state index in [4.69, 9.17) is 11.6 Å². The Kier molecular flexibility index (Phi) is 6.79. The topological polar surface area (TPSA) is 82.2 Å². The summed E-state index contributed by atoms with van der Waals surface area (Å²) in [7, 11) is 0. The molecule has 3 aromatic rings. The van der Waals surface area contributed by atoms with Gasteiger partial charge >= 0.3 is 0 Å². The van der Waals surface area contributed by atoms with Crippen LogP contribution < -0.4 is 10.6 Å². The van der Waals surface area contributed by atoms with Crippen molar-refractivity contribution >= 4 is 29.3 Å². The lowest BCUT2D eigenvalue weighted by molar-refractivity contribution is 0.100. The minimum Gasteiger partial charge on any atom is -0.353 e. The molecule has 0 spiro atoms. The van der Waals surface area contributed by atoms with E-state index in [1.54, 1.807) is 30.3 Å². The van der Waals surface area contributed by atoms with E-state index in [9.17, 15) is 13.6 Å². The van der Waals surface area contributed by atoms with Crippen LogP contribution in [0.4, 0.5) is 14.6 Å². The zero-order chi connectivity index (χ0) is 21.7. The summed E-state index contributed by atoms with van der Waals surface area (Å²) >= 11 is 5.86. The highest BCUT2D eigenvalue weighted by molar-refractivity contribution is 6.30. The second-order valence-electron chi connectivity index (χ2n) is 6.68. The van der Waals surface area contributed by atoms with Gasteiger partial charge in [0, 0.05) is 34.3 Å². The Hall–Kier alpha value is -3.26. The van der Waals surface area contributed by atoms with E-state index in [0.717, 1.165) is 12.5 Å². The van der Waals surface area contributed by atoms with Gasteiger partial charge in [0.15, 0.2) is 5.82 Å². The fourth-order valence-electron chi connectivity index (χ4n) is 2.55. The molecule has 2 aromatic carbocycles. The molecule has 1 aromatic heterocycles. The third kappa shape index (κ3) is 5.64. The van der Waals surface area contributed by atoms with Crippen LogP contribution in [-0.2, 0) is 0 Å². The van der Waals surface area contributed by atoms with Crippen LogP contribution in [0.1, 0.15) is 30.6 Å². The molecule has 0 saturated heterocycles. The second kappa shape index (κ2) is 9.49. The number of hydrogen-bond donors (Lipinski definition) is 3. The average molecular weight is 432 g/mol. The maximum absolute atomic E-state index is 13.5. The van der Waals surface area contributed by atoms with Crippen molar-refractivity contribution in [2.75, 3.05) is 5.32 Å². The number of aliphatic imine (C=N–C) groups is 1. The Morgan fingerprint density at radius 1 is 1.17 bits per heavy atom. The molecule has 6 nitrogen and oxygen atoms in total. The van der Waals surface area contributed by atoms with Crippen LogP contribution in [-0.4, -0.2) is 28.1 Å². The summed E-state index contributed by atoms with van der Waals surface area (Å²) in [5.74, 6) is -1.32. The smallest absolute Gasteiger partial charge is 0.280 e. The SMILES string of the molecule is CCC(C)N/C(=N/C(=O)c1ccc(Cl)cc1)Nc1cc(-c2cc(F)cc(F)c2)[nH]n1. The van der Waals surface area contributed by atoms with Crippen molar-refractivity contribution in [3.63, 3.8) is 0 Å². The van der Waals surface area contributed by atoms with Gasteiger partial charge in [-0.05, 0) is 49.7 Å². The number of hydrogen-bond acceptors (Lipinski definition) is 2. The molecule has 0 saturated carbocycles. The molecule has 0 bridgehead atoms. The number of carbonyl (C=O) groups is 1. The van der Waals surface area contributed by atoms with Crippen molar-refractivity contribution in [2.24, 2.45) is 4.99 Å². The molecule has 1 atom stereocenters. The van der Waals surface area contributed by atoms with Gasteiger partial charge in [-0.25, -0.2) is 8.78 Å². The van der Waals surface area contributed by atoms with Gasteiger partial charge in [0.05, 0.1) is 5.69 Å². The summed E-state index contributed by atoms with van der Waals surface area (Å²) in [6, 6.07) is 11.2. The highest BCUT2D eigenvalue weighted by atomic mass is 35.5. The number of carbonyl (C=O) groups excluding carboxylic acids is 1. The van der Waals surface area contributed by atoms with Crippen molar-refractivity contribution in [1.82, 2.24) is 15.5 Å². The van der Waals surface area contributed by atoms with Crippen LogP contribution >= 0.6 is 11.6 Å². The lowest BCUT2D eigenvalue weighted by Crippen LogP contribution is -2.38. The zero-order valence-corrected chi connectivity index (χ0v) is 17.1. The molecule has 3 rings (SSSR count). The number of H-pyrrole nitrogens is 1. The van der Waals surface area contributed by atoms with E-state index in [0.29, 0.717) is 27.7 Å². The van der Waals surface area contributed by atoms with E-state index < -0.39 is 17.5 Å². The fourth-order valence-corrected chi connectivity index (χ4v) is 2.68. The van der Waals surface area contributed by atoms with Gasteiger partial charge in [-0.2, -0.15) is 10.1 Å². The van der Waals surface area contributed by atoms with Crippen LogP contribution in [0, 0.1) is 11.6 Å². The largest absolute Gasteiger partial charge is 0.353 e. The molecule has 9 heteroatoms. The Balaban J connectivity index is 1.84.